The molecular weight excluding hydrogens is 329 g/mol. The summed E-state index contributed by atoms with van der Waals surface area (Å²) in [6.45, 7) is 0.247. The van der Waals surface area contributed by atoms with Crippen LogP contribution in [-0.2, 0) is 9.53 Å². The SMILES string of the molecule is COC(=O)[C@@H]1C2CCC(C[C@@H]1c1ccc(Cl)cc1)N2C/C=C/CF. The minimum absolute atomic E-state index is 0.147. The Labute approximate surface area is 147 Å². The van der Waals surface area contributed by atoms with E-state index in [1.54, 1.807) is 0 Å². The van der Waals surface area contributed by atoms with Crippen molar-refractivity contribution >= 4 is 17.6 Å². The summed E-state index contributed by atoms with van der Waals surface area (Å²) in [6, 6.07) is 8.37. The van der Waals surface area contributed by atoms with Crippen molar-refractivity contribution in [2.75, 3.05) is 20.3 Å². The summed E-state index contributed by atoms with van der Waals surface area (Å²) < 4.78 is 17.5. The van der Waals surface area contributed by atoms with Crippen molar-refractivity contribution < 1.29 is 13.9 Å². The largest absolute Gasteiger partial charge is 0.469 e. The Kier molecular flexibility index (Phi) is 5.57. The number of ether oxygens (including phenoxy) is 1. The number of nitrogens with zero attached hydrogens (tertiary/aromatic N) is 1. The van der Waals surface area contributed by atoms with Gasteiger partial charge in [-0.3, -0.25) is 9.69 Å². The molecule has 0 N–H and O–H groups in total. The summed E-state index contributed by atoms with van der Waals surface area (Å²) in [7, 11) is 1.45. The maximum absolute atomic E-state index is 12.5. The Hall–Kier alpha value is -1.39. The van der Waals surface area contributed by atoms with E-state index < -0.39 is 6.67 Å². The van der Waals surface area contributed by atoms with E-state index >= 15 is 0 Å². The lowest BCUT2D eigenvalue weighted by Crippen LogP contribution is -2.50. The molecule has 2 heterocycles. The molecule has 130 valence electrons. The lowest BCUT2D eigenvalue weighted by molar-refractivity contribution is -0.150. The molecule has 5 heteroatoms. The third kappa shape index (κ3) is 3.35. The van der Waals surface area contributed by atoms with E-state index in [9.17, 15) is 9.18 Å². The molecule has 2 unspecified atom stereocenters. The van der Waals surface area contributed by atoms with Gasteiger partial charge in [0, 0.05) is 29.6 Å². The van der Waals surface area contributed by atoms with Crippen LogP contribution < -0.4 is 0 Å². The minimum Gasteiger partial charge on any atom is -0.469 e. The van der Waals surface area contributed by atoms with Gasteiger partial charge in [0.2, 0.25) is 0 Å². The molecule has 2 saturated heterocycles. The van der Waals surface area contributed by atoms with Crippen molar-refractivity contribution in [2.24, 2.45) is 5.92 Å². The Bertz CT molecular complexity index is 604. The summed E-state index contributed by atoms with van der Waals surface area (Å²) in [4.78, 5) is 14.9. The molecule has 1 aromatic rings. The molecule has 0 spiro atoms. The van der Waals surface area contributed by atoms with Gasteiger partial charge >= 0.3 is 5.97 Å². The zero-order valence-corrected chi connectivity index (χ0v) is 14.6. The van der Waals surface area contributed by atoms with E-state index in [1.165, 1.54) is 13.2 Å². The zero-order chi connectivity index (χ0) is 17.1. The van der Waals surface area contributed by atoms with Crippen molar-refractivity contribution in [1.29, 1.82) is 0 Å². The number of fused-ring (bicyclic) bond motifs is 2. The summed E-state index contributed by atoms with van der Waals surface area (Å²) in [5.41, 5.74) is 1.14. The quantitative estimate of drug-likeness (QED) is 0.593. The van der Waals surface area contributed by atoms with Crippen molar-refractivity contribution in [2.45, 2.75) is 37.3 Å². The van der Waals surface area contributed by atoms with E-state index in [1.807, 2.05) is 30.3 Å². The van der Waals surface area contributed by atoms with E-state index in [2.05, 4.69) is 4.90 Å². The molecule has 0 radical (unpaired) electrons. The molecular formula is C19H23ClFNO2. The topological polar surface area (TPSA) is 29.5 Å². The number of esters is 1. The first kappa shape index (κ1) is 17.4. The molecule has 2 aliphatic heterocycles. The summed E-state index contributed by atoms with van der Waals surface area (Å²) in [5, 5.41) is 0.699. The van der Waals surface area contributed by atoms with Crippen LogP contribution in [0.25, 0.3) is 0 Å². The Morgan fingerprint density at radius 3 is 2.75 bits per heavy atom. The first-order chi connectivity index (χ1) is 11.7. The second-order valence-corrected chi connectivity index (χ2v) is 7.00. The van der Waals surface area contributed by atoms with Crippen molar-refractivity contribution in [3.05, 3.63) is 47.0 Å². The van der Waals surface area contributed by atoms with Gasteiger partial charge in [0.1, 0.15) is 6.67 Å². The van der Waals surface area contributed by atoms with E-state index in [0.29, 0.717) is 17.6 Å². The van der Waals surface area contributed by atoms with Gasteiger partial charge in [-0.25, -0.2) is 4.39 Å². The predicted molar refractivity (Wildman–Crippen MR) is 92.9 cm³/mol. The van der Waals surface area contributed by atoms with Gasteiger partial charge in [-0.05, 0) is 37.0 Å². The highest BCUT2D eigenvalue weighted by Gasteiger charge is 2.50. The molecule has 0 saturated carbocycles. The number of allylic oxidation sites excluding steroid dienone is 1. The minimum atomic E-state index is -0.447. The molecule has 0 aromatic heterocycles. The van der Waals surface area contributed by atoms with Gasteiger partial charge in [-0.2, -0.15) is 0 Å². The number of carbonyl (C=O) groups is 1. The van der Waals surface area contributed by atoms with Crippen LogP contribution in [0.5, 0.6) is 0 Å². The maximum atomic E-state index is 12.5. The van der Waals surface area contributed by atoms with Crippen LogP contribution in [0, 0.1) is 5.92 Å². The standard InChI is InChI=1S/C19H23ClFNO2/c1-24-19(23)18-16(13-4-6-14(20)7-5-13)12-15-8-9-17(18)22(15)11-3-2-10-21/h2-7,15-18H,8-12H2,1H3/b3-2+/t15?,16-,17?,18+/m1/s1. The average molecular weight is 352 g/mol. The van der Waals surface area contributed by atoms with Crippen LogP contribution in [-0.4, -0.2) is 43.3 Å². The fourth-order valence-corrected chi connectivity index (χ4v) is 4.49. The molecule has 2 fully saturated rings. The molecule has 1 aromatic carbocycles. The summed E-state index contributed by atoms with van der Waals surface area (Å²) in [6.07, 6.45) is 6.38. The highest BCUT2D eigenvalue weighted by Crippen LogP contribution is 2.47. The third-order valence-corrected chi connectivity index (χ3v) is 5.66. The Balaban J connectivity index is 1.87. The fraction of sp³-hybridized carbons (Fsp3) is 0.526. The van der Waals surface area contributed by atoms with Gasteiger partial charge in [0.15, 0.2) is 0 Å². The lowest BCUT2D eigenvalue weighted by Gasteiger charge is -2.43. The van der Waals surface area contributed by atoms with Gasteiger partial charge < -0.3 is 4.74 Å². The zero-order valence-electron chi connectivity index (χ0n) is 13.8. The van der Waals surface area contributed by atoms with E-state index in [0.717, 1.165) is 24.8 Å². The van der Waals surface area contributed by atoms with Gasteiger partial charge in [-0.15, -0.1) is 0 Å². The van der Waals surface area contributed by atoms with Crippen molar-refractivity contribution in [3.63, 3.8) is 0 Å². The Morgan fingerprint density at radius 1 is 1.33 bits per heavy atom. The van der Waals surface area contributed by atoms with Crippen LogP contribution in [0.4, 0.5) is 4.39 Å². The van der Waals surface area contributed by atoms with Crippen LogP contribution in [0.3, 0.4) is 0 Å². The van der Waals surface area contributed by atoms with Crippen LogP contribution in [0.2, 0.25) is 5.02 Å². The second kappa shape index (κ2) is 7.66. The summed E-state index contributed by atoms with van der Waals surface area (Å²) in [5.74, 6) is -0.193. The molecule has 0 amide bonds. The molecule has 2 aliphatic rings. The fourth-order valence-electron chi connectivity index (χ4n) is 4.37. The normalized spacial score (nSPS) is 30.0. The number of alkyl halides is 1. The number of hydrogen-bond donors (Lipinski definition) is 0. The number of halogens is 2. The molecule has 2 bridgehead atoms. The van der Waals surface area contributed by atoms with Gasteiger partial charge in [0.25, 0.3) is 0 Å². The first-order valence-electron chi connectivity index (χ1n) is 8.45. The third-order valence-electron chi connectivity index (χ3n) is 5.41. The first-order valence-corrected chi connectivity index (χ1v) is 8.83. The number of carbonyl (C=O) groups excluding carboxylic acids is 1. The molecule has 3 nitrogen and oxygen atoms in total. The Morgan fingerprint density at radius 2 is 2.08 bits per heavy atom. The lowest BCUT2D eigenvalue weighted by atomic mass is 9.76. The van der Waals surface area contributed by atoms with Gasteiger partial charge in [0.05, 0.1) is 13.0 Å². The average Bonchev–Trinajstić information content (AvgIpc) is 2.87. The molecule has 24 heavy (non-hydrogen) atoms. The number of piperidine rings is 1. The van der Waals surface area contributed by atoms with Crippen molar-refractivity contribution in [3.8, 4) is 0 Å². The second-order valence-electron chi connectivity index (χ2n) is 6.56. The van der Waals surface area contributed by atoms with Gasteiger partial charge in [-0.1, -0.05) is 35.9 Å². The molecule has 3 rings (SSSR count). The molecule has 4 atom stereocenters. The number of benzene rings is 1. The number of hydrogen-bond acceptors (Lipinski definition) is 3. The smallest absolute Gasteiger partial charge is 0.310 e. The number of rotatable bonds is 5. The number of methoxy groups -OCH3 is 1. The van der Waals surface area contributed by atoms with E-state index in [4.69, 9.17) is 16.3 Å². The highest BCUT2D eigenvalue weighted by molar-refractivity contribution is 6.30. The van der Waals surface area contributed by atoms with E-state index in [-0.39, 0.29) is 23.8 Å². The molecule has 0 aliphatic carbocycles. The predicted octanol–water partition coefficient (Wildman–Crippen LogP) is 3.98. The maximum Gasteiger partial charge on any atom is 0.310 e. The highest BCUT2D eigenvalue weighted by atomic mass is 35.5. The monoisotopic (exact) mass is 351 g/mol. The van der Waals surface area contributed by atoms with Crippen molar-refractivity contribution in [1.82, 2.24) is 4.90 Å². The van der Waals surface area contributed by atoms with Crippen LogP contribution in [0.1, 0.15) is 30.7 Å². The summed E-state index contributed by atoms with van der Waals surface area (Å²) >= 11 is 6.00. The van der Waals surface area contributed by atoms with Crippen LogP contribution in [0.15, 0.2) is 36.4 Å². The van der Waals surface area contributed by atoms with Crippen LogP contribution >= 0.6 is 11.6 Å².